The molecule has 1 unspecified atom stereocenters. The Kier molecular flexibility index (Phi) is 9.66. The lowest BCUT2D eigenvalue weighted by atomic mass is 10.1. The number of thioether (sulfide) groups is 1. The number of hydrogen-bond acceptors (Lipinski definition) is 3. The van der Waals surface area contributed by atoms with Crippen LogP contribution < -0.4 is 0 Å². The molecule has 0 rings (SSSR count). The smallest absolute Gasteiger partial charge is 0.0475 e. The Morgan fingerprint density at radius 2 is 1.72 bits per heavy atom. The lowest BCUT2D eigenvalue weighted by Gasteiger charge is -2.14. The molecule has 1 atom stereocenters. The van der Waals surface area contributed by atoms with Crippen LogP contribution in [0.25, 0.3) is 0 Å². The van der Waals surface area contributed by atoms with Gasteiger partial charge in [-0.05, 0) is 34.3 Å². The van der Waals surface area contributed by atoms with Crippen LogP contribution in [-0.2, 0) is 0 Å². The van der Waals surface area contributed by atoms with Gasteiger partial charge in [-0.2, -0.15) is 0 Å². The molecule has 0 nitrogen and oxygen atoms in total. The molecule has 0 heterocycles. The molecule has 0 radical (unpaired) electrons. The van der Waals surface area contributed by atoms with E-state index in [9.17, 15) is 0 Å². The first-order chi connectivity index (χ1) is 8.27. The van der Waals surface area contributed by atoms with Crippen molar-refractivity contribution in [1.29, 1.82) is 0 Å². The molecule has 0 aliphatic heterocycles. The van der Waals surface area contributed by atoms with Gasteiger partial charge < -0.3 is 0 Å². The summed E-state index contributed by atoms with van der Waals surface area (Å²) in [4.78, 5) is 4.15. The van der Waals surface area contributed by atoms with Gasteiger partial charge in [-0.3, -0.25) is 0 Å². The molecule has 0 saturated heterocycles. The van der Waals surface area contributed by atoms with Crippen LogP contribution in [0.5, 0.6) is 0 Å². The monoisotopic (exact) mass is 364 g/mol. The molecule has 18 heavy (non-hydrogen) atoms. The first-order valence-corrected chi connectivity index (χ1v) is 8.40. The van der Waals surface area contributed by atoms with Crippen LogP contribution in [0.1, 0.15) is 27.2 Å². The molecule has 0 fully saturated rings. The highest BCUT2D eigenvalue weighted by atomic mass is 79.9. The fourth-order valence-electron chi connectivity index (χ4n) is 1.10. The highest BCUT2D eigenvalue weighted by molar-refractivity contribution is 9.09. The molecule has 0 aliphatic carbocycles. The summed E-state index contributed by atoms with van der Waals surface area (Å²) in [5, 5.41) is 0. The second-order valence-electron chi connectivity index (χ2n) is 4.24. The molecule has 0 aliphatic rings. The zero-order chi connectivity index (χ0) is 14.3. The minimum absolute atomic E-state index is 0.262. The second-order valence-corrected chi connectivity index (χ2v) is 7.57. The fraction of sp³-hybridized carbons (Fsp3) is 0.429. The van der Waals surface area contributed by atoms with Crippen molar-refractivity contribution in [2.24, 2.45) is 5.92 Å². The number of allylic oxidation sites excluding steroid dienone is 4. The van der Waals surface area contributed by atoms with Crippen LogP contribution >= 0.6 is 52.9 Å². The highest BCUT2D eigenvalue weighted by Gasteiger charge is 2.12. The Bertz CT molecular complexity index is 367. The van der Waals surface area contributed by atoms with Crippen LogP contribution in [0.15, 0.2) is 44.9 Å². The molecule has 0 spiro atoms. The van der Waals surface area contributed by atoms with Crippen molar-refractivity contribution in [2.45, 2.75) is 32.0 Å². The van der Waals surface area contributed by atoms with Gasteiger partial charge in [-0.25, -0.2) is 0 Å². The van der Waals surface area contributed by atoms with Gasteiger partial charge >= 0.3 is 0 Å². The van der Waals surface area contributed by atoms with Crippen molar-refractivity contribution in [3.05, 3.63) is 44.9 Å². The normalized spacial score (nSPS) is 14.8. The molecular weight excluding hydrogens is 344 g/mol. The van der Waals surface area contributed by atoms with Crippen molar-refractivity contribution < 1.29 is 0 Å². The third-order valence-corrected chi connectivity index (χ3v) is 5.65. The molecule has 0 aromatic rings. The van der Waals surface area contributed by atoms with Gasteiger partial charge in [0.15, 0.2) is 0 Å². The largest absolute Gasteiger partial charge is 0.148 e. The lowest BCUT2D eigenvalue weighted by Crippen LogP contribution is -2.06. The number of thiol groups is 2. The van der Waals surface area contributed by atoms with E-state index in [1.165, 1.54) is 0 Å². The third-order valence-electron chi connectivity index (χ3n) is 2.13. The summed E-state index contributed by atoms with van der Waals surface area (Å²) < 4.78 is 0. The molecule has 4 heteroatoms. The minimum Gasteiger partial charge on any atom is -0.148 e. The number of halogens is 1. The second kappa shape index (κ2) is 9.40. The predicted octanol–water partition coefficient (Wildman–Crippen LogP) is 6.20. The Morgan fingerprint density at radius 3 is 2.17 bits per heavy atom. The molecule has 102 valence electrons. The van der Waals surface area contributed by atoms with Gasteiger partial charge in [0.1, 0.15) is 0 Å². The predicted molar refractivity (Wildman–Crippen MR) is 97.9 cm³/mol. The van der Waals surface area contributed by atoms with Gasteiger partial charge in [0, 0.05) is 14.6 Å². The van der Waals surface area contributed by atoms with E-state index in [0.29, 0.717) is 5.92 Å². The molecule has 0 aromatic carbocycles. The summed E-state index contributed by atoms with van der Waals surface area (Å²) in [5.74, 6) is 0.499. The fourth-order valence-corrected chi connectivity index (χ4v) is 2.74. The van der Waals surface area contributed by atoms with Crippen LogP contribution in [0.3, 0.4) is 0 Å². The molecule has 0 bridgehead atoms. The maximum Gasteiger partial charge on any atom is 0.0475 e. The third kappa shape index (κ3) is 7.82. The minimum atomic E-state index is 0.262. The van der Waals surface area contributed by atoms with Crippen LogP contribution in [0, 0.1) is 5.92 Å². The molecular formula is C14H21BrS3. The van der Waals surface area contributed by atoms with E-state index in [0.717, 1.165) is 26.0 Å². The van der Waals surface area contributed by atoms with Gasteiger partial charge in [0.25, 0.3) is 0 Å². The van der Waals surface area contributed by atoms with E-state index >= 15 is 0 Å². The van der Waals surface area contributed by atoms with Crippen LogP contribution in [0.2, 0.25) is 0 Å². The van der Waals surface area contributed by atoms with Crippen molar-refractivity contribution in [1.82, 2.24) is 0 Å². The summed E-state index contributed by atoms with van der Waals surface area (Å²) in [6, 6.07) is 0. The van der Waals surface area contributed by atoms with E-state index in [4.69, 9.17) is 0 Å². The number of hydrogen-bond donors (Lipinski definition) is 2. The quantitative estimate of drug-likeness (QED) is 0.307. The average Bonchev–Trinajstić information content (AvgIpc) is 2.26. The summed E-state index contributed by atoms with van der Waals surface area (Å²) in [6.07, 6.45) is 4.87. The number of alkyl halides is 1. The lowest BCUT2D eigenvalue weighted by molar-refractivity contribution is 0.682. The van der Waals surface area contributed by atoms with E-state index in [1.54, 1.807) is 11.8 Å². The Morgan fingerprint density at radius 1 is 1.22 bits per heavy atom. The van der Waals surface area contributed by atoms with Crippen molar-refractivity contribution in [3.63, 3.8) is 0 Å². The van der Waals surface area contributed by atoms with Gasteiger partial charge in [-0.1, -0.05) is 61.6 Å². The standard InChI is InChI=1S/C14H21BrS3/c1-6-12(16)7-10(4)18-11(5)8-13(17)14(15)9(2)3/h7-9,14,16-17H,4-6H2,1-3H3/b12-7+,13-8+. The molecule has 0 amide bonds. The Hall–Kier alpha value is 0.490. The van der Waals surface area contributed by atoms with Crippen molar-refractivity contribution >= 4 is 52.9 Å². The van der Waals surface area contributed by atoms with Crippen molar-refractivity contribution in [3.8, 4) is 0 Å². The zero-order valence-corrected chi connectivity index (χ0v) is 15.3. The summed E-state index contributed by atoms with van der Waals surface area (Å²) in [7, 11) is 0. The highest BCUT2D eigenvalue weighted by Crippen LogP contribution is 2.31. The van der Waals surface area contributed by atoms with E-state index < -0.39 is 0 Å². The molecule has 0 aromatic heterocycles. The van der Waals surface area contributed by atoms with E-state index in [1.807, 2.05) is 12.2 Å². The summed E-state index contributed by atoms with van der Waals surface area (Å²) in [6.45, 7) is 14.4. The average molecular weight is 365 g/mol. The first kappa shape index (κ1) is 18.5. The van der Waals surface area contributed by atoms with Gasteiger partial charge in [-0.15, -0.1) is 25.3 Å². The number of rotatable bonds is 7. The van der Waals surface area contributed by atoms with Crippen LogP contribution in [0.4, 0.5) is 0 Å². The Balaban J connectivity index is 4.52. The zero-order valence-electron chi connectivity index (χ0n) is 11.1. The van der Waals surface area contributed by atoms with Gasteiger partial charge in [0.05, 0.1) is 0 Å². The molecule has 0 N–H and O–H groups in total. The van der Waals surface area contributed by atoms with E-state index in [-0.39, 0.29) is 4.83 Å². The Labute approximate surface area is 135 Å². The first-order valence-electron chi connectivity index (χ1n) is 5.77. The maximum atomic E-state index is 4.49. The maximum absolute atomic E-state index is 4.49. The van der Waals surface area contributed by atoms with Crippen molar-refractivity contribution in [2.75, 3.05) is 0 Å². The van der Waals surface area contributed by atoms with Gasteiger partial charge in [0.2, 0.25) is 0 Å². The topological polar surface area (TPSA) is 0 Å². The van der Waals surface area contributed by atoms with Crippen LogP contribution in [-0.4, -0.2) is 4.83 Å². The SMILES string of the molecule is C=C(/C=C(/S)CC)SC(=C)/C=C(/S)C(Br)C(C)C. The summed E-state index contributed by atoms with van der Waals surface area (Å²) in [5.41, 5.74) is 0. The van der Waals surface area contributed by atoms with E-state index in [2.05, 4.69) is 75.1 Å². The summed E-state index contributed by atoms with van der Waals surface area (Å²) >= 11 is 14.0. The molecule has 0 saturated carbocycles.